The highest BCUT2D eigenvalue weighted by atomic mass is 35.5. The standard InChI is InChI=1S/C12H14ClF3N2O/c1-2-7(6-17)11(19)18-10-8(12(14,15)16)4-3-5-9(10)13/h3-5,7H,2,6,17H2,1H3,(H,18,19). The number of para-hydroxylation sites is 1. The van der Waals surface area contributed by atoms with E-state index in [1.54, 1.807) is 6.92 Å². The first-order valence-corrected chi connectivity index (χ1v) is 6.05. The van der Waals surface area contributed by atoms with Gasteiger partial charge >= 0.3 is 6.18 Å². The number of nitrogens with two attached hydrogens (primary N) is 1. The minimum Gasteiger partial charge on any atom is -0.330 e. The number of carbonyl (C=O) groups is 1. The molecule has 1 amide bonds. The largest absolute Gasteiger partial charge is 0.418 e. The zero-order chi connectivity index (χ0) is 14.6. The summed E-state index contributed by atoms with van der Waals surface area (Å²) in [6, 6.07) is 3.34. The average Bonchev–Trinajstić information content (AvgIpc) is 2.32. The van der Waals surface area contributed by atoms with Crippen LogP contribution in [0.1, 0.15) is 18.9 Å². The van der Waals surface area contributed by atoms with E-state index in [2.05, 4.69) is 5.32 Å². The predicted octanol–water partition coefficient (Wildman–Crippen LogP) is 3.28. The molecule has 0 fully saturated rings. The molecule has 1 atom stereocenters. The molecule has 0 radical (unpaired) electrons. The molecule has 0 heterocycles. The van der Waals surface area contributed by atoms with Crippen molar-refractivity contribution in [2.24, 2.45) is 11.7 Å². The van der Waals surface area contributed by atoms with Crippen molar-refractivity contribution >= 4 is 23.2 Å². The second-order valence-corrected chi connectivity index (χ2v) is 4.40. The van der Waals surface area contributed by atoms with E-state index in [1.165, 1.54) is 12.1 Å². The van der Waals surface area contributed by atoms with Gasteiger partial charge in [0.2, 0.25) is 5.91 Å². The molecule has 0 aliphatic rings. The molecule has 3 nitrogen and oxygen atoms in total. The number of benzene rings is 1. The number of rotatable bonds is 4. The number of nitrogens with one attached hydrogen (secondary N) is 1. The highest BCUT2D eigenvalue weighted by molar-refractivity contribution is 6.34. The lowest BCUT2D eigenvalue weighted by molar-refractivity contribution is -0.137. The summed E-state index contributed by atoms with van der Waals surface area (Å²) in [5.74, 6) is -1.11. The number of anilines is 1. The van der Waals surface area contributed by atoms with Crippen LogP contribution in [0, 0.1) is 5.92 Å². The Morgan fingerprint density at radius 1 is 1.47 bits per heavy atom. The minimum absolute atomic E-state index is 0.0636. The predicted molar refractivity (Wildman–Crippen MR) is 67.9 cm³/mol. The molecule has 1 rings (SSSR count). The van der Waals surface area contributed by atoms with Gasteiger partial charge in [-0.1, -0.05) is 24.6 Å². The number of hydrogen-bond acceptors (Lipinski definition) is 2. The number of halogens is 4. The fourth-order valence-electron chi connectivity index (χ4n) is 1.57. The first kappa shape index (κ1) is 15.8. The molecular formula is C12H14ClF3N2O. The summed E-state index contributed by atoms with van der Waals surface area (Å²) in [6.07, 6.45) is -4.15. The smallest absolute Gasteiger partial charge is 0.330 e. The third-order valence-electron chi connectivity index (χ3n) is 2.72. The van der Waals surface area contributed by atoms with Gasteiger partial charge < -0.3 is 11.1 Å². The Hall–Kier alpha value is -1.27. The molecule has 0 aliphatic carbocycles. The molecular weight excluding hydrogens is 281 g/mol. The molecule has 19 heavy (non-hydrogen) atoms. The Morgan fingerprint density at radius 3 is 2.58 bits per heavy atom. The van der Waals surface area contributed by atoms with Crippen LogP contribution in [-0.4, -0.2) is 12.5 Å². The summed E-state index contributed by atoms with van der Waals surface area (Å²) in [4.78, 5) is 11.8. The molecule has 106 valence electrons. The molecule has 1 aromatic carbocycles. The van der Waals surface area contributed by atoms with Crippen molar-refractivity contribution in [3.05, 3.63) is 28.8 Å². The molecule has 0 bridgehead atoms. The zero-order valence-corrected chi connectivity index (χ0v) is 11.0. The summed E-state index contributed by atoms with van der Waals surface area (Å²) in [6.45, 7) is 1.79. The van der Waals surface area contributed by atoms with Gasteiger partial charge in [-0.05, 0) is 18.6 Å². The van der Waals surface area contributed by atoms with Gasteiger partial charge in [-0.2, -0.15) is 13.2 Å². The lowest BCUT2D eigenvalue weighted by Gasteiger charge is -2.18. The monoisotopic (exact) mass is 294 g/mol. The van der Waals surface area contributed by atoms with Crippen molar-refractivity contribution in [3.63, 3.8) is 0 Å². The Labute approximate surface area is 113 Å². The summed E-state index contributed by atoms with van der Waals surface area (Å²) in [7, 11) is 0. The van der Waals surface area contributed by atoms with Crippen molar-refractivity contribution < 1.29 is 18.0 Å². The van der Waals surface area contributed by atoms with Gasteiger partial charge in [-0.15, -0.1) is 0 Å². The summed E-state index contributed by atoms with van der Waals surface area (Å²) >= 11 is 5.72. The molecule has 7 heteroatoms. The van der Waals surface area contributed by atoms with Gasteiger partial charge in [0.05, 0.1) is 22.2 Å². The maximum absolute atomic E-state index is 12.8. The molecule has 1 unspecified atom stereocenters. The van der Waals surface area contributed by atoms with Crippen molar-refractivity contribution in [2.75, 3.05) is 11.9 Å². The van der Waals surface area contributed by atoms with Gasteiger partial charge in [-0.25, -0.2) is 0 Å². The minimum atomic E-state index is -4.59. The van der Waals surface area contributed by atoms with Gasteiger partial charge in [0.25, 0.3) is 0 Å². The molecule has 3 N–H and O–H groups in total. The number of carbonyl (C=O) groups excluding carboxylic acids is 1. The second kappa shape index (κ2) is 6.25. The molecule has 0 saturated carbocycles. The van der Waals surface area contributed by atoms with Crippen molar-refractivity contribution in [3.8, 4) is 0 Å². The van der Waals surface area contributed by atoms with Gasteiger partial charge in [0.1, 0.15) is 0 Å². The van der Waals surface area contributed by atoms with Crippen LogP contribution in [-0.2, 0) is 11.0 Å². The Bertz CT molecular complexity index is 459. The Kier molecular flexibility index (Phi) is 5.20. The van der Waals surface area contributed by atoms with Crippen LogP contribution in [0.25, 0.3) is 0 Å². The van der Waals surface area contributed by atoms with E-state index in [9.17, 15) is 18.0 Å². The van der Waals surface area contributed by atoms with Gasteiger partial charge in [-0.3, -0.25) is 4.79 Å². The normalized spacial score (nSPS) is 13.2. The lowest BCUT2D eigenvalue weighted by Crippen LogP contribution is -2.29. The topological polar surface area (TPSA) is 55.1 Å². The second-order valence-electron chi connectivity index (χ2n) is 3.99. The van der Waals surface area contributed by atoms with Crippen LogP contribution in [0.4, 0.5) is 18.9 Å². The molecule has 0 saturated heterocycles. The molecule has 0 aliphatic heterocycles. The fourth-order valence-corrected chi connectivity index (χ4v) is 1.79. The third kappa shape index (κ3) is 3.84. The number of alkyl halides is 3. The maximum atomic E-state index is 12.8. The fraction of sp³-hybridized carbons (Fsp3) is 0.417. The summed E-state index contributed by atoms with van der Waals surface area (Å²) < 4.78 is 38.4. The van der Waals surface area contributed by atoms with E-state index >= 15 is 0 Å². The number of hydrogen-bond donors (Lipinski definition) is 2. The van der Waals surface area contributed by atoms with Crippen molar-refractivity contribution in [1.82, 2.24) is 0 Å². The van der Waals surface area contributed by atoms with E-state index in [1.807, 2.05) is 0 Å². The highest BCUT2D eigenvalue weighted by Crippen LogP contribution is 2.38. The quantitative estimate of drug-likeness (QED) is 0.895. The van der Waals surface area contributed by atoms with E-state index in [4.69, 9.17) is 17.3 Å². The van der Waals surface area contributed by atoms with Crippen LogP contribution >= 0.6 is 11.6 Å². The summed E-state index contributed by atoms with van der Waals surface area (Å²) in [5.41, 5.74) is 3.99. The van der Waals surface area contributed by atoms with E-state index in [-0.39, 0.29) is 11.6 Å². The van der Waals surface area contributed by atoms with Crippen LogP contribution < -0.4 is 11.1 Å². The third-order valence-corrected chi connectivity index (χ3v) is 3.03. The van der Waals surface area contributed by atoms with E-state index in [0.717, 1.165) is 6.07 Å². The molecule has 0 aromatic heterocycles. The average molecular weight is 295 g/mol. The Morgan fingerprint density at radius 2 is 2.11 bits per heavy atom. The van der Waals surface area contributed by atoms with Crippen molar-refractivity contribution in [2.45, 2.75) is 19.5 Å². The van der Waals surface area contributed by atoms with Crippen LogP contribution in [0.15, 0.2) is 18.2 Å². The Balaban J connectivity index is 3.10. The first-order chi connectivity index (χ1) is 8.81. The van der Waals surface area contributed by atoms with Gasteiger partial charge in [0.15, 0.2) is 0 Å². The lowest BCUT2D eigenvalue weighted by atomic mass is 10.1. The van der Waals surface area contributed by atoms with Crippen LogP contribution in [0.5, 0.6) is 0 Å². The van der Waals surface area contributed by atoms with Gasteiger partial charge in [0, 0.05) is 6.54 Å². The van der Waals surface area contributed by atoms with E-state index in [0.29, 0.717) is 6.42 Å². The van der Waals surface area contributed by atoms with Crippen LogP contribution in [0.3, 0.4) is 0 Å². The van der Waals surface area contributed by atoms with Crippen LogP contribution in [0.2, 0.25) is 5.02 Å². The molecule has 1 aromatic rings. The van der Waals surface area contributed by atoms with E-state index < -0.39 is 29.3 Å². The van der Waals surface area contributed by atoms with Crippen molar-refractivity contribution in [1.29, 1.82) is 0 Å². The first-order valence-electron chi connectivity index (χ1n) is 5.67. The summed E-state index contributed by atoms with van der Waals surface area (Å²) in [5, 5.41) is 2.06. The zero-order valence-electron chi connectivity index (χ0n) is 10.2. The maximum Gasteiger partial charge on any atom is 0.418 e. The SMILES string of the molecule is CCC(CN)C(=O)Nc1c(Cl)cccc1C(F)(F)F. The highest BCUT2D eigenvalue weighted by Gasteiger charge is 2.35. The molecule has 0 spiro atoms. The number of amides is 1.